The van der Waals surface area contributed by atoms with E-state index in [1.54, 1.807) is 0 Å². The molecule has 0 aromatic carbocycles. The Morgan fingerprint density at radius 3 is 2.38 bits per heavy atom. The first kappa shape index (κ1) is 13.2. The van der Waals surface area contributed by atoms with Gasteiger partial charge in [-0.15, -0.1) is 0 Å². The fourth-order valence-electron chi connectivity index (χ4n) is 1.61. The van der Waals surface area contributed by atoms with Crippen molar-refractivity contribution < 1.29 is 27.8 Å². The Morgan fingerprint density at radius 2 is 1.94 bits per heavy atom. The fraction of sp³-hybridized carbons (Fsp3) is 0.889. The van der Waals surface area contributed by atoms with Gasteiger partial charge in [-0.3, -0.25) is 4.79 Å². The lowest BCUT2D eigenvalue weighted by Crippen LogP contribution is -2.55. The van der Waals surface area contributed by atoms with Gasteiger partial charge in [-0.25, -0.2) is 0 Å². The van der Waals surface area contributed by atoms with E-state index in [0.29, 0.717) is 26.1 Å². The number of carbonyl (C=O) groups is 1. The van der Waals surface area contributed by atoms with Gasteiger partial charge in [0.05, 0.1) is 12.1 Å². The molecule has 7 heteroatoms. The fourth-order valence-corrected chi connectivity index (χ4v) is 1.61. The summed E-state index contributed by atoms with van der Waals surface area (Å²) in [6.07, 6.45) is -5.39. The molecule has 1 saturated heterocycles. The van der Waals surface area contributed by atoms with Gasteiger partial charge < -0.3 is 15.2 Å². The van der Waals surface area contributed by atoms with E-state index in [2.05, 4.69) is 5.32 Å². The zero-order valence-electron chi connectivity index (χ0n) is 8.64. The molecule has 2 N–H and O–H groups in total. The van der Waals surface area contributed by atoms with E-state index >= 15 is 0 Å². The van der Waals surface area contributed by atoms with Crippen LogP contribution in [0.3, 0.4) is 0 Å². The molecule has 0 aliphatic carbocycles. The summed E-state index contributed by atoms with van der Waals surface area (Å²) in [7, 11) is 0. The van der Waals surface area contributed by atoms with Crippen molar-refractivity contribution in [2.75, 3.05) is 19.8 Å². The van der Waals surface area contributed by atoms with Crippen molar-refractivity contribution in [2.45, 2.75) is 31.0 Å². The maximum absolute atomic E-state index is 11.9. The Hall–Kier alpha value is -0.820. The van der Waals surface area contributed by atoms with Crippen molar-refractivity contribution in [3.05, 3.63) is 0 Å². The molecule has 0 bridgehead atoms. The molecule has 0 aromatic heterocycles. The molecule has 16 heavy (non-hydrogen) atoms. The molecule has 0 atom stereocenters. The predicted octanol–water partition coefficient (Wildman–Crippen LogP) is 0.597. The van der Waals surface area contributed by atoms with Crippen LogP contribution in [0.4, 0.5) is 13.2 Å². The smallest absolute Gasteiger partial charge is 0.394 e. The highest BCUT2D eigenvalue weighted by atomic mass is 19.4. The van der Waals surface area contributed by atoms with Gasteiger partial charge in [0.25, 0.3) is 0 Å². The first-order chi connectivity index (χ1) is 7.37. The molecule has 1 fully saturated rings. The van der Waals surface area contributed by atoms with Crippen LogP contribution in [0.1, 0.15) is 19.3 Å². The summed E-state index contributed by atoms with van der Waals surface area (Å²) in [5, 5.41) is 11.4. The number of hydrogen-bond acceptors (Lipinski definition) is 3. The Morgan fingerprint density at radius 1 is 1.38 bits per heavy atom. The van der Waals surface area contributed by atoms with Gasteiger partial charge in [-0.05, 0) is 12.8 Å². The number of carbonyl (C=O) groups excluding carboxylic acids is 1. The van der Waals surface area contributed by atoms with E-state index in [0.717, 1.165) is 0 Å². The van der Waals surface area contributed by atoms with Crippen molar-refractivity contribution in [3.63, 3.8) is 0 Å². The number of aliphatic hydroxyl groups is 1. The molecular weight excluding hydrogens is 227 g/mol. The highest BCUT2D eigenvalue weighted by molar-refractivity contribution is 5.77. The monoisotopic (exact) mass is 241 g/mol. The summed E-state index contributed by atoms with van der Waals surface area (Å²) in [5.41, 5.74) is -0.958. The second kappa shape index (κ2) is 5.01. The van der Waals surface area contributed by atoms with Crippen LogP contribution in [0.15, 0.2) is 0 Å². The largest absolute Gasteiger partial charge is 0.397 e. The summed E-state index contributed by atoms with van der Waals surface area (Å²) < 4.78 is 40.8. The van der Waals surface area contributed by atoms with Gasteiger partial charge in [-0.1, -0.05) is 0 Å². The van der Waals surface area contributed by atoms with Crippen LogP contribution in [-0.4, -0.2) is 42.5 Å². The second-order valence-electron chi connectivity index (χ2n) is 3.89. The molecule has 1 aliphatic heterocycles. The summed E-state index contributed by atoms with van der Waals surface area (Å²) in [6.45, 7) is 0.277. The normalized spacial score (nSPS) is 20.5. The topological polar surface area (TPSA) is 58.6 Å². The summed E-state index contributed by atoms with van der Waals surface area (Å²) in [4.78, 5) is 11.1. The number of rotatable bonds is 3. The molecule has 1 aliphatic rings. The molecular formula is C9H14F3NO3. The molecule has 0 spiro atoms. The Balaban J connectivity index is 2.52. The van der Waals surface area contributed by atoms with Crippen LogP contribution < -0.4 is 5.32 Å². The van der Waals surface area contributed by atoms with Crippen LogP contribution in [0, 0.1) is 0 Å². The number of nitrogens with one attached hydrogen (secondary N) is 1. The SMILES string of the molecule is O=C(CC(F)(F)F)NC1(CO)CCOCC1. The van der Waals surface area contributed by atoms with Gasteiger partial charge in [0.1, 0.15) is 6.42 Å². The van der Waals surface area contributed by atoms with Gasteiger partial charge in [0, 0.05) is 13.2 Å². The number of amides is 1. The molecule has 1 heterocycles. The van der Waals surface area contributed by atoms with Crippen LogP contribution in [-0.2, 0) is 9.53 Å². The van der Waals surface area contributed by atoms with Gasteiger partial charge in [0.15, 0.2) is 0 Å². The number of halogens is 3. The molecule has 94 valence electrons. The summed E-state index contributed by atoms with van der Waals surface area (Å²) >= 11 is 0. The molecule has 0 aromatic rings. The number of aliphatic hydroxyl groups excluding tert-OH is 1. The summed E-state index contributed by atoms with van der Waals surface area (Å²) in [5.74, 6) is -1.11. The number of ether oxygens (including phenoxy) is 1. The standard InChI is InChI=1S/C9H14F3NO3/c10-9(11,12)5-7(15)13-8(6-14)1-3-16-4-2-8/h14H,1-6H2,(H,13,15). The van der Waals surface area contributed by atoms with Crippen molar-refractivity contribution in [1.29, 1.82) is 0 Å². The quantitative estimate of drug-likeness (QED) is 0.760. The maximum atomic E-state index is 11.9. The lowest BCUT2D eigenvalue weighted by atomic mass is 9.91. The third-order valence-corrected chi connectivity index (χ3v) is 2.52. The predicted molar refractivity (Wildman–Crippen MR) is 48.7 cm³/mol. The minimum Gasteiger partial charge on any atom is -0.394 e. The zero-order valence-corrected chi connectivity index (χ0v) is 8.64. The number of alkyl halides is 3. The molecule has 0 unspecified atom stereocenters. The van der Waals surface area contributed by atoms with Crippen LogP contribution >= 0.6 is 0 Å². The first-order valence-corrected chi connectivity index (χ1v) is 4.93. The lowest BCUT2D eigenvalue weighted by Gasteiger charge is -2.36. The molecule has 1 amide bonds. The zero-order chi connectivity index (χ0) is 12.2. The van der Waals surface area contributed by atoms with Crippen molar-refractivity contribution in [2.24, 2.45) is 0 Å². The van der Waals surface area contributed by atoms with E-state index in [1.165, 1.54) is 0 Å². The minimum absolute atomic E-state index is 0.326. The van der Waals surface area contributed by atoms with E-state index in [4.69, 9.17) is 9.84 Å². The highest BCUT2D eigenvalue weighted by Crippen LogP contribution is 2.23. The van der Waals surface area contributed by atoms with Crippen LogP contribution in [0.25, 0.3) is 0 Å². The summed E-state index contributed by atoms with van der Waals surface area (Å²) in [6, 6.07) is 0. The molecule has 0 radical (unpaired) electrons. The van der Waals surface area contributed by atoms with E-state index in [1.807, 2.05) is 0 Å². The van der Waals surface area contributed by atoms with E-state index in [9.17, 15) is 18.0 Å². The Labute approximate surface area is 90.8 Å². The van der Waals surface area contributed by atoms with E-state index < -0.39 is 24.0 Å². The Kier molecular flexibility index (Phi) is 4.15. The second-order valence-corrected chi connectivity index (χ2v) is 3.89. The van der Waals surface area contributed by atoms with Gasteiger partial charge >= 0.3 is 6.18 Å². The minimum atomic E-state index is -4.52. The van der Waals surface area contributed by atoms with E-state index in [-0.39, 0.29) is 6.61 Å². The Bertz CT molecular complexity index is 249. The maximum Gasteiger partial charge on any atom is 0.397 e. The third-order valence-electron chi connectivity index (χ3n) is 2.52. The average Bonchev–Trinajstić information content (AvgIpc) is 2.16. The third kappa shape index (κ3) is 3.97. The average molecular weight is 241 g/mol. The van der Waals surface area contributed by atoms with Gasteiger partial charge in [0.2, 0.25) is 5.91 Å². The lowest BCUT2D eigenvalue weighted by molar-refractivity contribution is -0.156. The van der Waals surface area contributed by atoms with Crippen LogP contribution in [0.5, 0.6) is 0 Å². The van der Waals surface area contributed by atoms with Gasteiger partial charge in [-0.2, -0.15) is 13.2 Å². The van der Waals surface area contributed by atoms with Crippen molar-refractivity contribution in [3.8, 4) is 0 Å². The molecule has 1 rings (SSSR count). The first-order valence-electron chi connectivity index (χ1n) is 4.93. The molecule has 0 saturated carbocycles. The van der Waals surface area contributed by atoms with Crippen molar-refractivity contribution >= 4 is 5.91 Å². The van der Waals surface area contributed by atoms with Crippen LogP contribution in [0.2, 0.25) is 0 Å². The van der Waals surface area contributed by atoms with Crippen molar-refractivity contribution in [1.82, 2.24) is 5.32 Å². The highest BCUT2D eigenvalue weighted by Gasteiger charge is 2.37. The number of hydrogen-bond donors (Lipinski definition) is 2. The molecule has 4 nitrogen and oxygen atoms in total.